The molecule has 0 saturated heterocycles. The molecule has 3 aromatic rings. The number of non-ortho nitro benzene ring substituents is 1. The first-order chi connectivity index (χ1) is 14.1. The molecule has 0 bridgehead atoms. The number of likely N-dealkylation sites (N-methyl/N-ethyl adjacent to an activating group) is 1. The number of hydrogen-bond donors (Lipinski definition) is 2. The van der Waals surface area contributed by atoms with E-state index in [0.29, 0.717) is 18.5 Å². The van der Waals surface area contributed by atoms with Crippen LogP contribution >= 0.6 is 0 Å². The van der Waals surface area contributed by atoms with Gasteiger partial charge in [-0.2, -0.15) is 0 Å². The zero-order chi connectivity index (χ0) is 22.1. The number of benzene rings is 2. The molecule has 1 unspecified atom stereocenters. The molecule has 0 aliphatic heterocycles. The van der Waals surface area contributed by atoms with Gasteiger partial charge in [0.1, 0.15) is 6.04 Å². The molecule has 1 atom stereocenters. The maximum atomic E-state index is 12.1. The maximum absolute atomic E-state index is 12.1. The zero-order valence-corrected chi connectivity index (χ0v) is 16.6. The topological polar surface area (TPSA) is 189 Å². The number of anilines is 1. The van der Waals surface area contributed by atoms with Gasteiger partial charge in [-0.1, -0.05) is 12.1 Å². The van der Waals surface area contributed by atoms with Crippen molar-refractivity contribution in [2.24, 2.45) is 10.9 Å². The van der Waals surface area contributed by atoms with Crippen molar-refractivity contribution in [3.05, 3.63) is 52.1 Å². The van der Waals surface area contributed by atoms with Gasteiger partial charge in [-0.05, 0) is 46.9 Å². The van der Waals surface area contributed by atoms with E-state index in [-0.39, 0.29) is 21.6 Å². The summed E-state index contributed by atoms with van der Waals surface area (Å²) in [6.07, 6.45) is 0.709. The molecule has 0 aliphatic carbocycles. The Balaban J connectivity index is 1.84. The molecule has 0 radical (unpaired) electrons. The predicted octanol–water partition coefficient (Wildman–Crippen LogP) is 0.701. The number of aromatic nitrogens is 2. The summed E-state index contributed by atoms with van der Waals surface area (Å²) in [6, 6.07) is 7.89. The van der Waals surface area contributed by atoms with Gasteiger partial charge in [0.05, 0.1) is 15.5 Å². The molecule has 3 rings (SSSR count). The van der Waals surface area contributed by atoms with Crippen molar-refractivity contribution in [3.63, 3.8) is 0 Å². The quantitative estimate of drug-likeness (QED) is 0.380. The second-order valence-electron chi connectivity index (χ2n) is 6.58. The van der Waals surface area contributed by atoms with Crippen LogP contribution in [0.1, 0.15) is 12.0 Å². The second kappa shape index (κ2) is 8.04. The van der Waals surface area contributed by atoms with Gasteiger partial charge in [-0.25, -0.2) is 18.2 Å². The van der Waals surface area contributed by atoms with Crippen LogP contribution in [0.15, 0.2) is 45.9 Å². The minimum absolute atomic E-state index is 0.0124. The highest BCUT2D eigenvalue weighted by Gasteiger charge is 2.27. The van der Waals surface area contributed by atoms with Crippen molar-refractivity contribution in [1.82, 2.24) is 10.3 Å². The third kappa shape index (κ3) is 4.21. The number of amides is 1. The highest BCUT2D eigenvalue weighted by Crippen LogP contribution is 2.32. The van der Waals surface area contributed by atoms with Crippen LogP contribution in [-0.2, 0) is 21.2 Å². The first-order valence-electron chi connectivity index (χ1n) is 8.63. The lowest BCUT2D eigenvalue weighted by atomic mass is 10.0. The summed E-state index contributed by atoms with van der Waals surface area (Å²) in [6.45, 7) is 0. The zero-order valence-electron chi connectivity index (χ0n) is 15.8. The summed E-state index contributed by atoms with van der Waals surface area (Å²) in [5, 5.41) is 23.5. The Hall–Kier alpha value is -3.58. The van der Waals surface area contributed by atoms with E-state index in [1.807, 2.05) is 0 Å². The average molecular weight is 434 g/mol. The van der Waals surface area contributed by atoms with Gasteiger partial charge in [-0.15, -0.1) is 0 Å². The molecule has 0 saturated carbocycles. The molecule has 12 nitrogen and oxygen atoms in total. The fraction of sp³-hybridized carbons (Fsp3) is 0.235. The molecule has 13 heteroatoms. The minimum atomic E-state index is -3.79. The van der Waals surface area contributed by atoms with Crippen molar-refractivity contribution < 1.29 is 22.8 Å². The Labute approximate surface area is 170 Å². The van der Waals surface area contributed by atoms with Gasteiger partial charge in [-0.3, -0.25) is 14.9 Å². The van der Waals surface area contributed by atoms with Crippen LogP contribution < -0.4 is 15.8 Å². The summed E-state index contributed by atoms with van der Waals surface area (Å²) < 4.78 is 27.3. The summed E-state index contributed by atoms with van der Waals surface area (Å²) in [5.74, 6) is -0.610. The number of carbonyl (C=O) groups is 1. The van der Waals surface area contributed by atoms with Gasteiger partial charge < -0.3 is 10.6 Å². The molecular formula is C17H18N6O6S. The molecule has 2 aromatic carbocycles. The number of nitro groups is 1. The van der Waals surface area contributed by atoms with Gasteiger partial charge in [0.15, 0.2) is 5.52 Å². The molecule has 1 aromatic heterocycles. The summed E-state index contributed by atoms with van der Waals surface area (Å²) >= 11 is 0. The molecule has 30 heavy (non-hydrogen) atoms. The van der Waals surface area contributed by atoms with Gasteiger partial charge >= 0.3 is 5.69 Å². The summed E-state index contributed by atoms with van der Waals surface area (Å²) in [4.78, 5) is 24.2. The maximum Gasteiger partial charge on any atom is 0.300 e. The molecule has 0 aliphatic rings. The van der Waals surface area contributed by atoms with Crippen LogP contribution in [0.4, 0.5) is 11.4 Å². The van der Waals surface area contributed by atoms with Gasteiger partial charge in [0.2, 0.25) is 21.4 Å². The molecule has 1 heterocycles. The highest BCUT2D eigenvalue weighted by molar-refractivity contribution is 7.89. The molecule has 0 fully saturated rings. The van der Waals surface area contributed by atoms with E-state index in [9.17, 15) is 23.3 Å². The number of hydrogen-bond acceptors (Lipinski definition) is 9. The number of nitrogens with two attached hydrogens (primary N) is 2. The Kier molecular flexibility index (Phi) is 5.67. The standard InChI is InChI=1S/C17H18N6O6S/c1-22(12-8-9-13(23(25)26)16-15(12)20-29-21-16)14(17(18)24)7-4-10-2-5-11(6-3-10)30(19,27)28/h2-3,5-6,8-9,14H,4,7H2,1H3,(H2,18,24)(H2,19,27,28). The normalized spacial score (nSPS) is 12.6. The van der Waals surface area contributed by atoms with E-state index >= 15 is 0 Å². The Morgan fingerprint density at radius 1 is 1.20 bits per heavy atom. The monoisotopic (exact) mass is 434 g/mol. The Morgan fingerprint density at radius 3 is 2.40 bits per heavy atom. The van der Waals surface area contributed by atoms with Crippen LogP contribution in [0.25, 0.3) is 11.0 Å². The molecular weight excluding hydrogens is 416 g/mol. The van der Waals surface area contributed by atoms with E-state index in [1.165, 1.54) is 24.3 Å². The summed E-state index contributed by atoms with van der Waals surface area (Å²) in [5.41, 5.74) is 6.57. The lowest BCUT2D eigenvalue weighted by Crippen LogP contribution is -2.43. The van der Waals surface area contributed by atoms with Crippen LogP contribution in [0.5, 0.6) is 0 Å². The van der Waals surface area contributed by atoms with Crippen LogP contribution in [0.2, 0.25) is 0 Å². The first kappa shape index (κ1) is 21.1. The lowest BCUT2D eigenvalue weighted by Gasteiger charge is -2.27. The smallest absolute Gasteiger partial charge is 0.300 e. The largest absolute Gasteiger partial charge is 0.368 e. The Morgan fingerprint density at radius 2 is 1.83 bits per heavy atom. The van der Waals surface area contributed by atoms with Crippen LogP contribution in [-0.4, -0.2) is 42.7 Å². The van der Waals surface area contributed by atoms with Crippen molar-refractivity contribution >= 4 is 38.3 Å². The SMILES string of the molecule is CN(c1ccc([N+](=O)[O-])c2nonc12)C(CCc1ccc(S(N)(=O)=O)cc1)C(N)=O. The average Bonchev–Trinajstić information content (AvgIpc) is 3.16. The fourth-order valence-corrected chi connectivity index (χ4v) is 3.63. The first-order valence-corrected chi connectivity index (χ1v) is 10.2. The third-order valence-corrected chi connectivity index (χ3v) is 5.63. The highest BCUT2D eigenvalue weighted by atomic mass is 32.2. The molecule has 158 valence electrons. The minimum Gasteiger partial charge on any atom is -0.368 e. The molecule has 0 spiro atoms. The number of carbonyl (C=O) groups excluding carboxylic acids is 1. The Bertz CT molecular complexity index is 1210. The number of nitro benzene ring substituents is 1. The lowest BCUT2D eigenvalue weighted by molar-refractivity contribution is -0.383. The van der Waals surface area contributed by atoms with E-state index in [2.05, 4.69) is 14.9 Å². The van der Waals surface area contributed by atoms with Crippen molar-refractivity contribution in [1.29, 1.82) is 0 Å². The van der Waals surface area contributed by atoms with Crippen LogP contribution in [0.3, 0.4) is 0 Å². The van der Waals surface area contributed by atoms with Crippen LogP contribution in [0, 0.1) is 10.1 Å². The fourth-order valence-electron chi connectivity index (χ4n) is 3.12. The molecule has 1 amide bonds. The number of aryl methyl sites for hydroxylation is 1. The number of fused-ring (bicyclic) bond motifs is 1. The second-order valence-corrected chi connectivity index (χ2v) is 8.14. The van der Waals surface area contributed by atoms with E-state index in [0.717, 1.165) is 5.56 Å². The van der Waals surface area contributed by atoms with E-state index in [1.54, 1.807) is 24.1 Å². The number of sulfonamides is 1. The van der Waals surface area contributed by atoms with Crippen molar-refractivity contribution in [2.75, 3.05) is 11.9 Å². The van der Waals surface area contributed by atoms with E-state index < -0.39 is 26.9 Å². The molecule has 4 N–H and O–H groups in total. The number of rotatable bonds is 8. The summed E-state index contributed by atoms with van der Waals surface area (Å²) in [7, 11) is -2.18. The predicted molar refractivity (Wildman–Crippen MR) is 106 cm³/mol. The van der Waals surface area contributed by atoms with Crippen molar-refractivity contribution in [3.8, 4) is 0 Å². The van der Waals surface area contributed by atoms with Gasteiger partial charge in [0.25, 0.3) is 0 Å². The number of primary sulfonamides is 1. The number of primary amides is 1. The van der Waals surface area contributed by atoms with E-state index in [4.69, 9.17) is 10.9 Å². The third-order valence-electron chi connectivity index (χ3n) is 4.70. The van der Waals surface area contributed by atoms with Gasteiger partial charge in [0, 0.05) is 13.1 Å². The number of nitrogens with zero attached hydrogens (tertiary/aromatic N) is 4. The van der Waals surface area contributed by atoms with Crippen molar-refractivity contribution in [2.45, 2.75) is 23.8 Å².